The van der Waals surface area contributed by atoms with Gasteiger partial charge >= 0.3 is 6.09 Å². The van der Waals surface area contributed by atoms with Crippen LogP contribution in [0.2, 0.25) is 0 Å². The molecule has 1 aromatic carbocycles. The third-order valence-corrected chi connectivity index (χ3v) is 13.8. The molecule has 1 saturated heterocycles. The van der Waals surface area contributed by atoms with Crippen LogP contribution in [-0.4, -0.2) is 110 Å². The Morgan fingerprint density at radius 1 is 1.07 bits per heavy atom. The maximum Gasteiger partial charge on any atom is 0.408 e. The lowest BCUT2D eigenvalue weighted by Gasteiger charge is -2.35. The molecule has 0 bridgehead atoms. The van der Waals surface area contributed by atoms with Crippen molar-refractivity contribution in [3.63, 3.8) is 0 Å². The number of alkyl carbamates (subject to hydrolysis) is 1. The van der Waals surface area contributed by atoms with E-state index in [4.69, 9.17) is 19.2 Å². The molecule has 2 saturated carbocycles. The Labute approximate surface area is 344 Å². The first-order valence-corrected chi connectivity index (χ1v) is 21.6. The van der Waals surface area contributed by atoms with Crippen LogP contribution in [-0.2, 0) is 29.1 Å². The summed E-state index contributed by atoms with van der Waals surface area (Å²) >= 11 is 0. The van der Waals surface area contributed by atoms with E-state index in [0.717, 1.165) is 19.2 Å². The number of hydrogen-bond donors (Lipinski definition) is 3. The fraction of sp³-hybridized carbons (Fsp3) is 0.634. The number of anilines is 1. The smallest absolute Gasteiger partial charge is 0.408 e. The van der Waals surface area contributed by atoms with Crippen molar-refractivity contribution in [1.29, 1.82) is 0 Å². The molecule has 0 unspecified atom stereocenters. The molecule has 6 rings (SSSR count). The highest BCUT2D eigenvalue weighted by atomic mass is 32.2. The Hall–Kier alpha value is -4.74. The van der Waals surface area contributed by atoms with Crippen LogP contribution in [0.25, 0.3) is 10.8 Å². The zero-order valence-electron chi connectivity index (χ0n) is 34.8. The van der Waals surface area contributed by atoms with Crippen molar-refractivity contribution in [3.05, 3.63) is 36.4 Å². The fourth-order valence-corrected chi connectivity index (χ4v) is 9.13. The average Bonchev–Trinajstić information content (AvgIpc) is 4.07. The number of carbonyl (C=O) groups excluding carboxylic acids is 4. The number of nitrogens with zero attached hydrogens (tertiary/aromatic N) is 3. The van der Waals surface area contributed by atoms with Crippen LogP contribution in [0.5, 0.6) is 11.6 Å². The van der Waals surface area contributed by atoms with Gasteiger partial charge in [0.2, 0.25) is 27.7 Å². The number of nitrogens with one attached hydrogen (secondary N) is 3. The fourth-order valence-electron chi connectivity index (χ4n) is 7.77. The molecule has 2 aliphatic carbocycles. The van der Waals surface area contributed by atoms with Gasteiger partial charge in [-0.15, -0.1) is 0 Å². The number of methoxy groups -OCH3 is 1. The second-order valence-corrected chi connectivity index (χ2v) is 19.4. The molecule has 3 N–H and O–H groups in total. The van der Waals surface area contributed by atoms with Gasteiger partial charge in [-0.3, -0.25) is 19.1 Å². The molecule has 4 aliphatic rings. The first kappa shape index (κ1) is 43.8. The number of fused-ring (bicyclic) bond motifs is 3. The van der Waals surface area contributed by atoms with Gasteiger partial charge < -0.3 is 34.6 Å². The Balaban J connectivity index is 1.37. The summed E-state index contributed by atoms with van der Waals surface area (Å²) in [5, 5.41) is 6.11. The van der Waals surface area contributed by atoms with E-state index in [2.05, 4.69) is 15.4 Å². The van der Waals surface area contributed by atoms with Gasteiger partial charge in [0.05, 0.1) is 18.9 Å². The number of amides is 4. The first-order chi connectivity index (χ1) is 27.5. The Morgan fingerprint density at radius 2 is 1.78 bits per heavy atom. The van der Waals surface area contributed by atoms with Gasteiger partial charge in [0.15, 0.2) is 5.60 Å². The molecule has 59 heavy (non-hydrogen) atoms. The van der Waals surface area contributed by atoms with Crippen molar-refractivity contribution in [2.24, 2.45) is 17.8 Å². The van der Waals surface area contributed by atoms with Crippen LogP contribution in [0.1, 0.15) is 79.6 Å². The predicted octanol–water partition coefficient (Wildman–Crippen LogP) is 4.68. The topological polar surface area (TPSA) is 186 Å². The van der Waals surface area contributed by atoms with Crippen LogP contribution in [0.15, 0.2) is 36.4 Å². The number of hydrogen-bond acceptors (Lipinski definition) is 11. The van der Waals surface area contributed by atoms with E-state index in [9.17, 15) is 36.4 Å². The molecule has 0 spiro atoms. The Kier molecular flexibility index (Phi) is 12.2. The van der Waals surface area contributed by atoms with E-state index in [0.29, 0.717) is 56.0 Å². The number of alkyl halides is 2. The van der Waals surface area contributed by atoms with E-state index >= 15 is 0 Å². The number of carbonyl (C=O) groups is 4. The number of pyridine rings is 1. The van der Waals surface area contributed by atoms with Crippen LogP contribution in [0, 0.1) is 17.8 Å². The van der Waals surface area contributed by atoms with Crippen molar-refractivity contribution in [1.82, 2.24) is 25.2 Å². The third kappa shape index (κ3) is 9.52. The summed E-state index contributed by atoms with van der Waals surface area (Å²) in [6, 6.07) is 4.65. The lowest BCUT2D eigenvalue weighted by atomic mass is 9.88. The summed E-state index contributed by atoms with van der Waals surface area (Å²) < 4.78 is 74.1. The van der Waals surface area contributed by atoms with Gasteiger partial charge in [-0.2, -0.15) is 4.98 Å². The predicted molar refractivity (Wildman–Crippen MR) is 216 cm³/mol. The van der Waals surface area contributed by atoms with Gasteiger partial charge in [0, 0.05) is 38.7 Å². The Morgan fingerprint density at radius 3 is 2.42 bits per heavy atom. The first-order valence-electron chi connectivity index (χ1n) is 20.1. The van der Waals surface area contributed by atoms with E-state index in [-0.39, 0.29) is 31.2 Å². The van der Waals surface area contributed by atoms with Gasteiger partial charge in [-0.25, -0.2) is 22.0 Å². The highest BCUT2D eigenvalue weighted by Gasteiger charge is 2.62. The second-order valence-electron chi connectivity index (χ2n) is 17.4. The summed E-state index contributed by atoms with van der Waals surface area (Å²) in [5.41, 5.74) is -3.82. The minimum absolute atomic E-state index is 0.0208. The van der Waals surface area contributed by atoms with Crippen LogP contribution < -0.4 is 29.7 Å². The van der Waals surface area contributed by atoms with Crippen LogP contribution in [0.4, 0.5) is 19.4 Å². The van der Waals surface area contributed by atoms with Crippen LogP contribution in [0.3, 0.4) is 0 Å². The molecule has 0 radical (unpaired) electrons. The summed E-state index contributed by atoms with van der Waals surface area (Å²) in [4.78, 5) is 64.5. The summed E-state index contributed by atoms with van der Waals surface area (Å²) in [6.45, 7) is 6.36. The van der Waals surface area contributed by atoms with Crippen molar-refractivity contribution < 1.29 is 50.6 Å². The van der Waals surface area contributed by atoms with Crippen molar-refractivity contribution >= 4 is 50.4 Å². The molecular formula is C41H56F2N6O9S. The number of benzene rings is 1. The highest BCUT2D eigenvalue weighted by molar-refractivity contribution is 7.91. The molecule has 2 aliphatic heterocycles. The molecule has 4 amide bonds. The number of allylic oxidation sites excluding steroid dienone is 1. The molecule has 1 aromatic heterocycles. The zero-order valence-corrected chi connectivity index (χ0v) is 35.7. The van der Waals surface area contributed by atoms with E-state index in [1.54, 1.807) is 31.1 Å². The maximum absolute atomic E-state index is 14.9. The molecule has 18 heteroatoms. The van der Waals surface area contributed by atoms with Crippen molar-refractivity contribution in [3.8, 4) is 11.6 Å². The standard InChI is InChI=1S/C41H56F2N6O9S/c1-23-11-9-10-12-26-21-41(26,37(52)47-59(54,55)29-14-15-29)46-34(50)31-20-28(57-35-30-16-13-27(56-8)18-25(30)19-32(44-35)48(6)7)22-49(31)36(51)33(24(2)17-23)45-38(53)58-39(3,4)40(5,42)43/h10,12-13,16,18-19,23-24,26,28-29,31,33H,9,11,14-15,17,20-22H2,1-8H3,(H,45,53)(H,46,50)(H,47,52)/b12-10-/t23-,24+,26+,28+,31-,33-,41+/m0/s1. The van der Waals surface area contributed by atoms with Crippen molar-refractivity contribution in [2.45, 2.75) is 120 Å². The SMILES string of the molecule is COc1ccc2c(O[C@@H]3C[C@H]4C(=O)N[C@]5(C(=O)NS(=O)(=O)C6CC6)C[C@H]5/C=C\CC[C@H](C)C[C@@H](C)[C@H](NC(=O)OC(C)(C)C(C)(F)F)C(=O)N4C3)nc(N(C)C)cc2c1. The number of rotatable bonds is 10. The van der Waals surface area contributed by atoms with Gasteiger partial charge in [-0.05, 0) is 93.9 Å². The van der Waals surface area contributed by atoms with E-state index in [1.807, 2.05) is 45.3 Å². The molecular weight excluding hydrogens is 791 g/mol. The van der Waals surface area contributed by atoms with Crippen molar-refractivity contribution in [2.75, 3.05) is 32.6 Å². The molecule has 324 valence electrons. The second kappa shape index (κ2) is 16.4. The lowest BCUT2D eigenvalue weighted by Crippen LogP contribution is -2.59. The minimum atomic E-state index is -3.96. The molecule has 3 fully saturated rings. The van der Waals surface area contributed by atoms with E-state index in [1.165, 1.54) is 4.90 Å². The minimum Gasteiger partial charge on any atom is -0.497 e. The molecule has 3 heterocycles. The number of halogens is 2. The van der Waals surface area contributed by atoms with E-state index < -0.39 is 86.2 Å². The molecule has 2 aromatic rings. The highest BCUT2D eigenvalue weighted by Crippen LogP contribution is 2.46. The number of sulfonamides is 1. The largest absolute Gasteiger partial charge is 0.497 e. The monoisotopic (exact) mass is 846 g/mol. The van der Waals surface area contributed by atoms with Gasteiger partial charge in [-0.1, -0.05) is 26.0 Å². The summed E-state index contributed by atoms with van der Waals surface area (Å²) in [7, 11) is 1.23. The number of aromatic nitrogens is 1. The van der Waals surface area contributed by atoms with Gasteiger partial charge in [0.25, 0.3) is 11.8 Å². The quantitative estimate of drug-likeness (QED) is 0.282. The Bertz CT molecular complexity index is 2110. The maximum atomic E-state index is 14.9. The third-order valence-electron chi connectivity index (χ3n) is 12.0. The summed E-state index contributed by atoms with van der Waals surface area (Å²) in [6.07, 6.45) is 4.26. The average molecular weight is 847 g/mol. The normalized spacial score (nSPS) is 28.5. The molecule has 15 nitrogen and oxygen atoms in total. The summed E-state index contributed by atoms with van der Waals surface area (Å²) in [5.74, 6) is -5.33. The molecule has 7 atom stereocenters. The van der Waals surface area contributed by atoms with Gasteiger partial charge in [0.1, 0.15) is 35.3 Å². The zero-order chi connectivity index (χ0) is 43.2. The number of ether oxygens (including phenoxy) is 3. The van der Waals surface area contributed by atoms with Crippen LogP contribution >= 0.6 is 0 Å². The lowest BCUT2D eigenvalue weighted by molar-refractivity contribution is -0.152.